The van der Waals surface area contributed by atoms with Crippen LogP contribution in [0.3, 0.4) is 0 Å². The Balaban J connectivity index is 2.59. The van der Waals surface area contributed by atoms with Crippen molar-refractivity contribution in [1.82, 2.24) is 10.2 Å². The van der Waals surface area contributed by atoms with Crippen molar-refractivity contribution >= 4 is 5.91 Å². The Kier molecular flexibility index (Phi) is 7.18. The van der Waals surface area contributed by atoms with E-state index in [0.717, 1.165) is 5.56 Å². The smallest absolute Gasteiger partial charge is 0.237 e. The minimum absolute atomic E-state index is 0.0282. The highest BCUT2D eigenvalue weighted by Crippen LogP contribution is 2.20. The monoisotopic (exact) mass is 282 g/mol. The van der Waals surface area contributed by atoms with E-state index in [2.05, 4.69) is 5.32 Å². The number of methoxy groups -OCH3 is 1. The molecule has 1 amide bonds. The van der Waals surface area contributed by atoms with Crippen LogP contribution in [-0.4, -0.2) is 44.2 Å². The molecule has 0 aliphatic heterocycles. The highest BCUT2D eigenvalue weighted by Gasteiger charge is 2.19. The Bertz CT molecular complexity index is 409. The quantitative estimate of drug-likeness (QED) is 0.741. The number of likely N-dealkylation sites (N-methyl/N-ethyl adjacent to an activating group) is 1. The zero-order chi connectivity index (χ0) is 15.0. The van der Waals surface area contributed by atoms with E-state index >= 15 is 0 Å². The fourth-order valence-electron chi connectivity index (χ4n) is 2.06. The third kappa shape index (κ3) is 4.90. The average molecular weight is 282 g/mol. The zero-order valence-electron chi connectivity index (χ0n) is 12.4. The van der Waals surface area contributed by atoms with Crippen LogP contribution in [0.1, 0.15) is 25.5 Å². The highest BCUT2D eigenvalue weighted by atomic mass is 19.1. The summed E-state index contributed by atoms with van der Waals surface area (Å²) < 4.78 is 17.8. The summed E-state index contributed by atoms with van der Waals surface area (Å²) in [4.78, 5) is 13.9. The van der Waals surface area contributed by atoms with Crippen molar-refractivity contribution < 1.29 is 13.9 Å². The van der Waals surface area contributed by atoms with Gasteiger partial charge >= 0.3 is 0 Å². The van der Waals surface area contributed by atoms with Gasteiger partial charge < -0.3 is 15.0 Å². The number of ether oxygens (including phenoxy) is 1. The van der Waals surface area contributed by atoms with E-state index in [9.17, 15) is 9.18 Å². The second-order valence-corrected chi connectivity index (χ2v) is 4.58. The fourth-order valence-corrected chi connectivity index (χ4v) is 2.06. The summed E-state index contributed by atoms with van der Waals surface area (Å²) >= 11 is 0. The van der Waals surface area contributed by atoms with E-state index in [1.807, 2.05) is 13.8 Å². The molecule has 0 aliphatic carbocycles. The molecule has 4 nitrogen and oxygen atoms in total. The van der Waals surface area contributed by atoms with E-state index in [-0.39, 0.29) is 24.3 Å². The molecule has 0 saturated carbocycles. The summed E-state index contributed by atoms with van der Waals surface area (Å²) in [6, 6.07) is 6.20. The number of hydrogen-bond donors (Lipinski definition) is 1. The molecule has 0 radical (unpaired) electrons. The first-order chi connectivity index (χ1) is 9.60. The van der Waals surface area contributed by atoms with Crippen molar-refractivity contribution in [3.63, 3.8) is 0 Å². The predicted molar refractivity (Wildman–Crippen MR) is 76.9 cm³/mol. The number of amides is 1. The van der Waals surface area contributed by atoms with Crippen LogP contribution in [0.2, 0.25) is 0 Å². The van der Waals surface area contributed by atoms with Gasteiger partial charge in [0.15, 0.2) is 0 Å². The van der Waals surface area contributed by atoms with Crippen LogP contribution >= 0.6 is 0 Å². The maximum atomic E-state index is 12.9. The molecular formula is C15H23FN2O2. The third-order valence-electron chi connectivity index (χ3n) is 3.24. The van der Waals surface area contributed by atoms with Crippen molar-refractivity contribution in [2.24, 2.45) is 0 Å². The van der Waals surface area contributed by atoms with Crippen molar-refractivity contribution in [1.29, 1.82) is 0 Å². The zero-order valence-corrected chi connectivity index (χ0v) is 12.4. The minimum atomic E-state index is -0.267. The van der Waals surface area contributed by atoms with Gasteiger partial charge in [-0.25, -0.2) is 4.39 Å². The maximum absolute atomic E-state index is 12.9. The van der Waals surface area contributed by atoms with Crippen molar-refractivity contribution in [2.45, 2.75) is 19.9 Å². The first-order valence-electron chi connectivity index (χ1n) is 6.84. The normalized spacial score (nSPS) is 12.2. The van der Waals surface area contributed by atoms with Crippen LogP contribution in [0.5, 0.6) is 0 Å². The first kappa shape index (κ1) is 16.6. The van der Waals surface area contributed by atoms with Gasteiger partial charge in [0.25, 0.3) is 0 Å². The van der Waals surface area contributed by atoms with Crippen LogP contribution in [-0.2, 0) is 9.53 Å². The molecule has 0 fully saturated rings. The molecule has 112 valence electrons. The lowest BCUT2D eigenvalue weighted by molar-refractivity contribution is -0.132. The third-order valence-corrected chi connectivity index (χ3v) is 3.24. The van der Waals surface area contributed by atoms with Gasteiger partial charge in [0, 0.05) is 20.2 Å². The molecule has 1 atom stereocenters. The number of halogens is 1. The van der Waals surface area contributed by atoms with Crippen LogP contribution < -0.4 is 5.32 Å². The molecular weight excluding hydrogens is 259 g/mol. The summed E-state index contributed by atoms with van der Waals surface area (Å²) in [5.74, 6) is -0.239. The number of carbonyl (C=O) groups excluding carboxylic acids is 1. The molecule has 1 unspecified atom stereocenters. The molecule has 0 bridgehead atoms. The van der Waals surface area contributed by atoms with Crippen LogP contribution in [0, 0.1) is 5.82 Å². The molecule has 1 aromatic carbocycles. The molecule has 1 rings (SSSR count). The molecule has 0 saturated heterocycles. The Morgan fingerprint density at radius 2 is 2.05 bits per heavy atom. The molecule has 5 heteroatoms. The summed E-state index contributed by atoms with van der Waals surface area (Å²) in [7, 11) is 1.62. The Morgan fingerprint density at radius 3 is 2.60 bits per heavy atom. The van der Waals surface area contributed by atoms with Gasteiger partial charge in [0.1, 0.15) is 5.82 Å². The van der Waals surface area contributed by atoms with Crippen LogP contribution in [0.15, 0.2) is 24.3 Å². The number of nitrogens with one attached hydrogen (secondary N) is 1. The SMILES string of the molecule is CCN(C(=O)CNCCOC)C(C)c1ccc(F)cc1. The predicted octanol–water partition coefficient (Wildman–Crippen LogP) is 1.97. The Hall–Kier alpha value is -1.46. The number of nitrogens with zero attached hydrogens (tertiary/aromatic N) is 1. The maximum Gasteiger partial charge on any atom is 0.237 e. The van der Waals surface area contributed by atoms with Gasteiger partial charge in [-0.05, 0) is 31.5 Å². The average Bonchev–Trinajstić information content (AvgIpc) is 2.45. The number of rotatable bonds is 8. The van der Waals surface area contributed by atoms with Gasteiger partial charge in [-0.3, -0.25) is 4.79 Å². The first-order valence-corrected chi connectivity index (χ1v) is 6.84. The minimum Gasteiger partial charge on any atom is -0.383 e. The second kappa shape index (κ2) is 8.66. The van der Waals surface area contributed by atoms with E-state index in [0.29, 0.717) is 19.7 Å². The molecule has 1 N–H and O–H groups in total. The molecule has 0 aromatic heterocycles. The van der Waals surface area contributed by atoms with Gasteiger partial charge in [0.2, 0.25) is 5.91 Å². The lowest BCUT2D eigenvalue weighted by Gasteiger charge is -2.28. The molecule has 0 heterocycles. The van der Waals surface area contributed by atoms with Crippen molar-refractivity contribution in [2.75, 3.05) is 33.4 Å². The van der Waals surface area contributed by atoms with Crippen LogP contribution in [0.25, 0.3) is 0 Å². The standard InChI is InChI=1S/C15H23FN2O2/c1-4-18(15(19)11-17-9-10-20-3)12(2)13-5-7-14(16)8-6-13/h5-8,12,17H,4,9-11H2,1-3H3. The number of benzene rings is 1. The Labute approximate surface area is 119 Å². The topological polar surface area (TPSA) is 41.6 Å². The van der Waals surface area contributed by atoms with Crippen molar-refractivity contribution in [3.05, 3.63) is 35.6 Å². The van der Waals surface area contributed by atoms with E-state index in [1.165, 1.54) is 12.1 Å². The summed E-state index contributed by atoms with van der Waals surface area (Å²) in [5, 5.41) is 3.04. The van der Waals surface area contributed by atoms with Gasteiger partial charge in [0.05, 0.1) is 19.2 Å². The van der Waals surface area contributed by atoms with Gasteiger partial charge in [-0.2, -0.15) is 0 Å². The van der Waals surface area contributed by atoms with Gasteiger partial charge in [-0.1, -0.05) is 12.1 Å². The van der Waals surface area contributed by atoms with Crippen molar-refractivity contribution in [3.8, 4) is 0 Å². The summed E-state index contributed by atoms with van der Waals surface area (Å²) in [6.45, 7) is 6.00. The lowest BCUT2D eigenvalue weighted by atomic mass is 10.1. The second-order valence-electron chi connectivity index (χ2n) is 4.58. The summed E-state index contributed by atoms with van der Waals surface area (Å²) in [5.41, 5.74) is 0.929. The lowest BCUT2D eigenvalue weighted by Crippen LogP contribution is -2.40. The van der Waals surface area contributed by atoms with E-state index < -0.39 is 0 Å². The van der Waals surface area contributed by atoms with Crippen LogP contribution in [0.4, 0.5) is 4.39 Å². The fraction of sp³-hybridized carbons (Fsp3) is 0.533. The van der Waals surface area contributed by atoms with E-state index in [1.54, 1.807) is 24.1 Å². The summed E-state index contributed by atoms with van der Waals surface area (Å²) in [6.07, 6.45) is 0. The highest BCUT2D eigenvalue weighted by molar-refractivity contribution is 5.78. The molecule has 20 heavy (non-hydrogen) atoms. The Morgan fingerprint density at radius 1 is 1.40 bits per heavy atom. The molecule has 0 aliphatic rings. The van der Waals surface area contributed by atoms with Gasteiger partial charge in [-0.15, -0.1) is 0 Å². The number of carbonyl (C=O) groups is 1. The largest absolute Gasteiger partial charge is 0.383 e. The number of hydrogen-bond acceptors (Lipinski definition) is 3. The molecule has 1 aromatic rings. The van der Waals surface area contributed by atoms with E-state index in [4.69, 9.17) is 4.74 Å². The molecule has 0 spiro atoms.